The van der Waals surface area contributed by atoms with E-state index in [2.05, 4.69) is 26.0 Å². The van der Waals surface area contributed by atoms with E-state index in [1.54, 1.807) is 42.5 Å². The molecule has 7 N–H and O–H groups in total. The zero-order valence-corrected chi connectivity index (χ0v) is 26.2. The first-order valence-electron chi connectivity index (χ1n) is 13.8. The molecule has 0 spiro atoms. The highest BCUT2D eigenvalue weighted by Crippen LogP contribution is 2.26. The van der Waals surface area contributed by atoms with Gasteiger partial charge in [-0.15, -0.1) is 6.42 Å². The summed E-state index contributed by atoms with van der Waals surface area (Å²) >= 11 is 6.34. The Labute approximate surface area is 270 Å². The Morgan fingerprint density at radius 3 is 2.43 bits per heavy atom. The Balaban J connectivity index is 1.91. The fourth-order valence-corrected chi connectivity index (χ4v) is 4.02. The number of alkyl halides is 3. The van der Waals surface area contributed by atoms with Crippen LogP contribution >= 0.6 is 11.6 Å². The first kappa shape index (κ1) is 37.3. The smallest absolute Gasteiger partial charge is 0.422 e. The minimum Gasteiger partial charge on any atom is -0.492 e. The molecule has 0 fully saturated rings. The molecule has 0 aliphatic heterocycles. The third-order valence-corrected chi connectivity index (χ3v) is 6.21. The molecule has 0 saturated carbocycles. The van der Waals surface area contributed by atoms with Crippen molar-refractivity contribution in [3.8, 4) is 18.1 Å². The number of nitrogen functional groups attached to an aromatic ring is 1. The van der Waals surface area contributed by atoms with Gasteiger partial charge in [0, 0.05) is 30.9 Å². The Kier molecular flexibility index (Phi) is 14.3. The fourth-order valence-electron chi connectivity index (χ4n) is 3.76. The third kappa shape index (κ3) is 14.3. The molecule has 250 valence electrons. The molecular weight excluding hydrogens is 631 g/mol. The van der Waals surface area contributed by atoms with Gasteiger partial charge in [0.25, 0.3) is 11.9 Å². The average Bonchev–Trinajstić information content (AvgIpc) is 2.99. The number of amides is 2. The lowest BCUT2D eigenvalue weighted by molar-refractivity contribution is -0.156. The molecule has 0 aromatic heterocycles. The second kappa shape index (κ2) is 17.6. The molecule has 0 unspecified atom stereocenters. The van der Waals surface area contributed by atoms with Gasteiger partial charge in [-0.1, -0.05) is 37.4 Å². The van der Waals surface area contributed by atoms with Gasteiger partial charge in [-0.3, -0.25) is 4.79 Å². The first-order chi connectivity index (χ1) is 21.6. The number of carbonyl (C=O) groups excluding carboxylic acids is 2. The quantitative estimate of drug-likeness (QED) is 0.0769. The lowest BCUT2D eigenvalue weighted by Gasteiger charge is -2.32. The summed E-state index contributed by atoms with van der Waals surface area (Å²) in [6, 6.07) is 10.6. The molecule has 0 bridgehead atoms. The van der Waals surface area contributed by atoms with E-state index in [9.17, 15) is 22.8 Å². The Bertz CT molecular complexity index is 1430. The number of rotatable bonds is 14. The van der Waals surface area contributed by atoms with E-state index in [1.807, 2.05) is 13.8 Å². The van der Waals surface area contributed by atoms with Crippen LogP contribution in [0.4, 0.5) is 23.7 Å². The summed E-state index contributed by atoms with van der Waals surface area (Å²) in [6.07, 6.45) is 0.478. The van der Waals surface area contributed by atoms with Crippen LogP contribution in [0.5, 0.6) is 5.75 Å². The number of guanidine groups is 1. The summed E-state index contributed by atoms with van der Waals surface area (Å²) in [6.45, 7) is 2.99. The van der Waals surface area contributed by atoms with Crippen molar-refractivity contribution >= 4 is 41.3 Å². The molecule has 16 heteroatoms. The summed E-state index contributed by atoms with van der Waals surface area (Å²) in [5.74, 6) is 1.99. The monoisotopic (exact) mass is 667 g/mol. The molecule has 2 aromatic carbocycles. The van der Waals surface area contributed by atoms with Gasteiger partial charge in [-0.2, -0.15) is 18.2 Å². The van der Waals surface area contributed by atoms with E-state index >= 15 is 0 Å². The number of aliphatic imine (C=N–C) groups is 2. The normalized spacial score (nSPS) is 12.2. The Morgan fingerprint density at radius 2 is 1.80 bits per heavy atom. The summed E-state index contributed by atoms with van der Waals surface area (Å²) in [7, 11) is 0. The Hall–Kier alpha value is -4.84. The molecular formula is C30H37ClF3N7O5. The molecule has 2 amide bonds. The maximum Gasteiger partial charge on any atom is 0.422 e. The lowest BCUT2D eigenvalue weighted by atomic mass is 9.92. The molecule has 0 aliphatic carbocycles. The van der Waals surface area contributed by atoms with Crippen molar-refractivity contribution < 1.29 is 37.0 Å². The molecule has 0 aliphatic rings. The molecule has 12 nitrogen and oxygen atoms in total. The number of ether oxygens (including phenoxy) is 3. The van der Waals surface area contributed by atoms with E-state index < -0.39 is 30.3 Å². The van der Waals surface area contributed by atoms with Gasteiger partial charge < -0.3 is 41.6 Å². The second-order valence-electron chi connectivity index (χ2n) is 10.6. The fraction of sp³-hybridized carbons (Fsp3) is 0.400. The van der Waals surface area contributed by atoms with Gasteiger partial charge >= 0.3 is 12.3 Å². The molecule has 2 rings (SSSR count). The molecule has 2 aromatic rings. The van der Waals surface area contributed by atoms with Crippen LogP contribution in [0.25, 0.3) is 0 Å². The summed E-state index contributed by atoms with van der Waals surface area (Å²) in [5.41, 5.74) is 17.6. The number of hydrogen-bond donors (Lipinski definition) is 4. The lowest BCUT2D eigenvalue weighted by Crippen LogP contribution is -2.45. The first-order valence-corrected chi connectivity index (χ1v) is 14.2. The standard InChI is InChI=1S/C30H37ClF3N7O5/c1-4-13-45-28(43)41(18-29(2,3)17-39-25(42)21-7-9-22(35)10-8-21)12-5-14-44-24-11-6-20(15-23(24)31)16-38-26(36)40-27(37)46-19-30(32,33)34/h1,6-11,15H,5,12-14,16-19,35H2,2-3H3,(H,39,42)(H4,36,37,38,40). The van der Waals surface area contributed by atoms with Crippen molar-refractivity contribution in [2.24, 2.45) is 26.9 Å². The highest BCUT2D eigenvalue weighted by atomic mass is 35.5. The van der Waals surface area contributed by atoms with Crippen LogP contribution in [0.1, 0.15) is 36.2 Å². The zero-order chi connectivity index (χ0) is 34.3. The number of hydrogen-bond acceptors (Lipinski definition) is 7. The second-order valence-corrected chi connectivity index (χ2v) is 11.1. The zero-order valence-electron chi connectivity index (χ0n) is 25.4. The number of benzene rings is 2. The van der Waals surface area contributed by atoms with E-state index in [-0.39, 0.29) is 56.3 Å². The van der Waals surface area contributed by atoms with E-state index in [0.29, 0.717) is 29.0 Å². The third-order valence-electron chi connectivity index (χ3n) is 5.91. The van der Waals surface area contributed by atoms with Gasteiger partial charge in [-0.25, -0.2) is 9.79 Å². The number of nitrogens with zero attached hydrogens (tertiary/aromatic N) is 3. The van der Waals surface area contributed by atoms with Crippen LogP contribution in [0, 0.1) is 17.8 Å². The number of terminal acetylenes is 1. The largest absolute Gasteiger partial charge is 0.492 e. The van der Waals surface area contributed by atoms with Crippen molar-refractivity contribution in [2.45, 2.75) is 33.0 Å². The van der Waals surface area contributed by atoms with E-state index in [4.69, 9.17) is 44.7 Å². The van der Waals surface area contributed by atoms with E-state index in [1.165, 1.54) is 4.90 Å². The predicted octanol–water partition coefficient (Wildman–Crippen LogP) is 3.93. The van der Waals surface area contributed by atoms with Gasteiger partial charge in [0.2, 0.25) is 5.96 Å². The number of nitrogens with two attached hydrogens (primary N) is 3. The van der Waals surface area contributed by atoms with Gasteiger partial charge in [-0.05, 0) is 53.8 Å². The van der Waals surface area contributed by atoms with Crippen LogP contribution in [-0.2, 0) is 16.0 Å². The van der Waals surface area contributed by atoms with Crippen LogP contribution in [0.15, 0.2) is 52.4 Å². The highest BCUT2D eigenvalue weighted by molar-refractivity contribution is 6.32. The minimum atomic E-state index is -4.57. The average molecular weight is 668 g/mol. The number of nitrogens with one attached hydrogen (secondary N) is 1. The van der Waals surface area contributed by atoms with Gasteiger partial charge in [0.1, 0.15) is 5.75 Å². The number of amidine groups is 1. The van der Waals surface area contributed by atoms with E-state index in [0.717, 1.165) is 0 Å². The van der Waals surface area contributed by atoms with Crippen LogP contribution in [0.2, 0.25) is 5.02 Å². The minimum absolute atomic E-state index is 0.00678. The van der Waals surface area contributed by atoms with Gasteiger partial charge in [0.15, 0.2) is 13.2 Å². The summed E-state index contributed by atoms with van der Waals surface area (Å²) in [5, 5.41) is 3.15. The molecule has 0 heterocycles. The van der Waals surface area contributed by atoms with Crippen LogP contribution in [-0.4, -0.2) is 74.5 Å². The predicted molar refractivity (Wildman–Crippen MR) is 169 cm³/mol. The molecule has 0 radical (unpaired) electrons. The van der Waals surface area contributed by atoms with Gasteiger partial charge in [0.05, 0.1) is 18.2 Å². The summed E-state index contributed by atoms with van der Waals surface area (Å²) in [4.78, 5) is 34.2. The maximum atomic E-state index is 12.7. The molecule has 0 saturated heterocycles. The van der Waals surface area contributed by atoms with Crippen LogP contribution < -0.4 is 27.3 Å². The number of halogens is 4. The Morgan fingerprint density at radius 1 is 1.11 bits per heavy atom. The highest BCUT2D eigenvalue weighted by Gasteiger charge is 2.29. The van der Waals surface area contributed by atoms with Crippen molar-refractivity contribution in [3.63, 3.8) is 0 Å². The molecule has 46 heavy (non-hydrogen) atoms. The van der Waals surface area contributed by atoms with Crippen molar-refractivity contribution in [1.82, 2.24) is 10.2 Å². The van der Waals surface area contributed by atoms with Crippen LogP contribution in [0.3, 0.4) is 0 Å². The topological polar surface area (TPSA) is 180 Å². The molecule has 0 atom stereocenters. The van der Waals surface area contributed by atoms with Crippen molar-refractivity contribution in [3.05, 3.63) is 58.6 Å². The van der Waals surface area contributed by atoms with Crippen molar-refractivity contribution in [2.75, 3.05) is 45.2 Å². The SMILES string of the molecule is C#CCOC(=O)N(CCCOc1ccc(CN=C(N)N=C(N)OCC(F)(F)F)cc1Cl)CC(C)(C)CNC(=O)c1ccc(N)cc1. The summed E-state index contributed by atoms with van der Waals surface area (Å²) < 4.78 is 51.8. The van der Waals surface area contributed by atoms with Crippen molar-refractivity contribution in [1.29, 1.82) is 0 Å². The number of anilines is 1. The number of carbonyl (C=O) groups is 2. The maximum absolute atomic E-state index is 12.7.